The second kappa shape index (κ2) is 6.16. The van der Waals surface area contributed by atoms with Gasteiger partial charge in [0.25, 0.3) is 0 Å². The highest BCUT2D eigenvalue weighted by Crippen LogP contribution is 2.13. The number of hydrogen-bond donors (Lipinski definition) is 2. The lowest BCUT2D eigenvalue weighted by Crippen LogP contribution is -2.36. The summed E-state index contributed by atoms with van der Waals surface area (Å²) in [5.41, 5.74) is 6.98. The van der Waals surface area contributed by atoms with Gasteiger partial charge in [-0.25, -0.2) is 8.42 Å². The predicted octanol–water partition coefficient (Wildman–Crippen LogP) is 1.30. The molecule has 1 amide bonds. The summed E-state index contributed by atoms with van der Waals surface area (Å²) in [7, 11) is -3.44. The van der Waals surface area contributed by atoms with Crippen molar-refractivity contribution in [2.24, 2.45) is 5.73 Å². The third-order valence-corrected chi connectivity index (χ3v) is 5.49. The van der Waals surface area contributed by atoms with Gasteiger partial charge in [0, 0.05) is 12.2 Å². The molecular weight excluding hydrogens is 264 g/mol. The molecular formula is C13H20N2O3S. The summed E-state index contributed by atoms with van der Waals surface area (Å²) in [6.07, 6.45) is 0. The van der Waals surface area contributed by atoms with Crippen LogP contribution >= 0.6 is 0 Å². The summed E-state index contributed by atoms with van der Waals surface area (Å²) in [5, 5.41) is 0.951. The van der Waals surface area contributed by atoms with E-state index in [2.05, 4.69) is 5.32 Å². The van der Waals surface area contributed by atoms with Crippen molar-refractivity contribution in [1.82, 2.24) is 0 Å². The molecule has 19 heavy (non-hydrogen) atoms. The van der Waals surface area contributed by atoms with E-state index in [9.17, 15) is 13.2 Å². The molecule has 0 spiro atoms. The molecule has 6 heteroatoms. The number of amides is 1. The zero-order valence-electron chi connectivity index (χ0n) is 11.4. The minimum absolute atomic E-state index is 0.423. The van der Waals surface area contributed by atoms with Crippen molar-refractivity contribution < 1.29 is 13.2 Å². The summed E-state index contributed by atoms with van der Waals surface area (Å²) < 4.78 is 23.8. The number of nitrogens with one attached hydrogen (secondary N) is 1. The van der Waals surface area contributed by atoms with E-state index in [1.807, 2.05) is 0 Å². The number of sulfone groups is 1. The minimum Gasteiger partial charge on any atom is -0.326 e. The molecule has 0 aliphatic rings. The van der Waals surface area contributed by atoms with Crippen molar-refractivity contribution >= 4 is 21.4 Å². The Labute approximate surface area is 114 Å². The highest BCUT2D eigenvalue weighted by atomic mass is 32.2. The summed E-state index contributed by atoms with van der Waals surface area (Å²) in [4.78, 5) is 11.9. The van der Waals surface area contributed by atoms with Crippen LogP contribution in [-0.2, 0) is 21.2 Å². The van der Waals surface area contributed by atoms with Crippen LogP contribution in [0.25, 0.3) is 0 Å². The number of nitrogens with two attached hydrogens (primary N) is 1. The Bertz CT molecular complexity index is 536. The van der Waals surface area contributed by atoms with Crippen LogP contribution in [0.5, 0.6) is 0 Å². The maximum absolute atomic E-state index is 11.9. The zero-order chi connectivity index (χ0) is 14.6. The fourth-order valence-electron chi connectivity index (χ4n) is 1.53. The molecule has 0 heterocycles. The molecule has 0 saturated carbocycles. The number of carbonyl (C=O) groups excluding carboxylic acids is 1. The number of carbonyl (C=O) groups is 1. The van der Waals surface area contributed by atoms with E-state index in [-0.39, 0.29) is 0 Å². The SMILES string of the molecule is CC(C)S(=O)(=O)C(C)C(=O)Nc1ccc(CN)cc1. The Hall–Kier alpha value is -1.40. The van der Waals surface area contributed by atoms with Gasteiger partial charge in [-0.1, -0.05) is 12.1 Å². The van der Waals surface area contributed by atoms with Crippen LogP contribution in [0.1, 0.15) is 26.3 Å². The molecule has 106 valence electrons. The van der Waals surface area contributed by atoms with Crippen molar-refractivity contribution in [3.05, 3.63) is 29.8 Å². The van der Waals surface area contributed by atoms with E-state index < -0.39 is 26.2 Å². The fourth-order valence-corrected chi connectivity index (χ4v) is 2.70. The molecule has 1 unspecified atom stereocenters. The normalized spacial score (nSPS) is 13.3. The van der Waals surface area contributed by atoms with E-state index >= 15 is 0 Å². The molecule has 1 aromatic rings. The van der Waals surface area contributed by atoms with Crippen molar-refractivity contribution in [2.45, 2.75) is 37.8 Å². The first-order valence-corrected chi connectivity index (χ1v) is 7.72. The van der Waals surface area contributed by atoms with Crippen molar-refractivity contribution in [3.8, 4) is 0 Å². The van der Waals surface area contributed by atoms with Crippen molar-refractivity contribution in [3.63, 3.8) is 0 Å². The van der Waals surface area contributed by atoms with Crippen LogP contribution in [-0.4, -0.2) is 24.8 Å². The summed E-state index contributed by atoms with van der Waals surface area (Å²) in [6, 6.07) is 6.98. The Morgan fingerprint density at radius 1 is 1.21 bits per heavy atom. The number of hydrogen-bond acceptors (Lipinski definition) is 4. The lowest BCUT2D eigenvalue weighted by molar-refractivity contribution is -0.115. The number of benzene rings is 1. The molecule has 0 aliphatic carbocycles. The first-order valence-electron chi connectivity index (χ1n) is 6.11. The summed E-state index contributed by atoms with van der Waals surface area (Å²) >= 11 is 0. The van der Waals surface area contributed by atoms with Gasteiger partial charge in [-0.05, 0) is 38.5 Å². The average Bonchev–Trinajstić information content (AvgIpc) is 2.38. The first-order chi connectivity index (χ1) is 8.78. The molecule has 0 bridgehead atoms. The van der Waals surface area contributed by atoms with Crippen LogP contribution in [0.15, 0.2) is 24.3 Å². The Kier molecular flexibility index (Phi) is 5.08. The molecule has 0 saturated heterocycles. The molecule has 0 radical (unpaired) electrons. The van der Waals surface area contributed by atoms with Crippen LogP contribution in [0.4, 0.5) is 5.69 Å². The van der Waals surface area contributed by atoms with E-state index in [0.717, 1.165) is 5.56 Å². The molecule has 0 aromatic heterocycles. The van der Waals surface area contributed by atoms with E-state index in [4.69, 9.17) is 5.73 Å². The molecule has 1 rings (SSSR count). The van der Waals surface area contributed by atoms with Crippen LogP contribution < -0.4 is 11.1 Å². The Balaban J connectivity index is 2.79. The first kappa shape index (κ1) is 15.7. The average molecular weight is 284 g/mol. The van der Waals surface area contributed by atoms with Crippen molar-refractivity contribution in [1.29, 1.82) is 0 Å². The third-order valence-electron chi connectivity index (χ3n) is 2.98. The summed E-state index contributed by atoms with van der Waals surface area (Å²) in [6.45, 7) is 4.95. The number of rotatable bonds is 5. The molecule has 1 aromatic carbocycles. The van der Waals surface area contributed by atoms with Gasteiger partial charge in [0.1, 0.15) is 5.25 Å². The largest absolute Gasteiger partial charge is 0.326 e. The maximum Gasteiger partial charge on any atom is 0.242 e. The fraction of sp³-hybridized carbons (Fsp3) is 0.462. The molecule has 0 fully saturated rings. The van der Waals surface area contributed by atoms with E-state index in [0.29, 0.717) is 12.2 Å². The minimum atomic E-state index is -3.44. The Morgan fingerprint density at radius 3 is 2.16 bits per heavy atom. The zero-order valence-corrected chi connectivity index (χ0v) is 12.2. The molecule has 5 nitrogen and oxygen atoms in total. The monoisotopic (exact) mass is 284 g/mol. The van der Waals surface area contributed by atoms with Crippen LogP contribution in [0.2, 0.25) is 0 Å². The smallest absolute Gasteiger partial charge is 0.242 e. The van der Waals surface area contributed by atoms with Crippen molar-refractivity contribution in [2.75, 3.05) is 5.32 Å². The lowest BCUT2D eigenvalue weighted by Gasteiger charge is -2.15. The highest BCUT2D eigenvalue weighted by molar-refractivity contribution is 7.93. The standard InChI is InChI=1S/C13H20N2O3S/c1-9(2)19(17,18)10(3)13(16)15-12-6-4-11(8-14)5-7-12/h4-7,9-10H,8,14H2,1-3H3,(H,15,16). The van der Waals surface area contributed by atoms with Gasteiger partial charge in [0.15, 0.2) is 9.84 Å². The van der Waals surface area contributed by atoms with E-state index in [1.165, 1.54) is 6.92 Å². The predicted molar refractivity (Wildman–Crippen MR) is 76.5 cm³/mol. The topological polar surface area (TPSA) is 89.3 Å². The third kappa shape index (κ3) is 3.78. The van der Waals surface area contributed by atoms with Crippen LogP contribution in [0, 0.1) is 0 Å². The molecule has 3 N–H and O–H groups in total. The molecule has 1 atom stereocenters. The maximum atomic E-state index is 11.9. The van der Waals surface area contributed by atoms with Gasteiger partial charge in [-0.3, -0.25) is 4.79 Å². The van der Waals surface area contributed by atoms with Crippen LogP contribution in [0.3, 0.4) is 0 Å². The van der Waals surface area contributed by atoms with Gasteiger partial charge in [0.05, 0.1) is 5.25 Å². The van der Waals surface area contributed by atoms with Gasteiger partial charge in [-0.15, -0.1) is 0 Å². The lowest BCUT2D eigenvalue weighted by atomic mass is 10.2. The molecule has 0 aliphatic heterocycles. The number of anilines is 1. The van der Waals surface area contributed by atoms with Gasteiger partial charge in [-0.2, -0.15) is 0 Å². The van der Waals surface area contributed by atoms with Gasteiger partial charge in [0.2, 0.25) is 5.91 Å². The summed E-state index contributed by atoms with van der Waals surface area (Å²) in [5.74, 6) is -0.519. The van der Waals surface area contributed by atoms with Gasteiger partial charge >= 0.3 is 0 Å². The highest BCUT2D eigenvalue weighted by Gasteiger charge is 2.30. The van der Waals surface area contributed by atoms with E-state index in [1.54, 1.807) is 38.1 Å². The van der Waals surface area contributed by atoms with Gasteiger partial charge < -0.3 is 11.1 Å². The second-order valence-electron chi connectivity index (χ2n) is 4.67. The Morgan fingerprint density at radius 2 is 1.74 bits per heavy atom. The second-order valence-corrected chi connectivity index (χ2v) is 7.50. The quantitative estimate of drug-likeness (QED) is 0.852.